The maximum absolute atomic E-state index is 11.3. The average molecular weight is 252 g/mol. The molecule has 0 unspecified atom stereocenters. The Bertz CT molecular complexity index is 425. The maximum atomic E-state index is 11.3. The second kappa shape index (κ2) is 7.16. The van der Waals surface area contributed by atoms with Crippen molar-refractivity contribution >= 4 is 12.0 Å². The number of carboxylic acid groups (broad SMARTS) is 1. The van der Waals surface area contributed by atoms with Crippen LogP contribution in [0.1, 0.15) is 29.2 Å². The molecule has 6 heteroatoms. The molecule has 0 aromatic carbocycles. The van der Waals surface area contributed by atoms with E-state index in [1.807, 2.05) is 0 Å². The van der Waals surface area contributed by atoms with Gasteiger partial charge in [0, 0.05) is 6.54 Å². The number of aromatic carboxylic acids is 1. The van der Waals surface area contributed by atoms with Crippen molar-refractivity contribution < 1.29 is 19.1 Å². The van der Waals surface area contributed by atoms with Gasteiger partial charge >= 0.3 is 12.0 Å². The molecule has 1 aromatic heterocycles. The highest BCUT2D eigenvalue weighted by molar-refractivity contribution is 5.84. The third kappa shape index (κ3) is 4.73. The zero-order valence-electron chi connectivity index (χ0n) is 9.94. The summed E-state index contributed by atoms with van der Waals surface area (Å²) in [5, 5.41) is 13.9. The summed E-state index contributed by atoms with van der Waals surface area (Å²) in [6.45, 7) is 4.30. The topological polar surface area (TPSA) is 91.6 Å². The summed E-state index contributed by atoms with van der Waals surface area (Å²) in [6.07, 6.45) is 3.47. The van der Waals surface area contributed by atoms with Gasteiger partial charge in [-0.05, 0) is 25.0 Å². The van der Waals surface area contributed by atoms with Crippen molar-refractivity contribution in [1.82, 2.24) is 10.6 Å². The molecule has 0 aliphatic rings. The zero-order chi connectivity index (χ0) is 13.4. The molecule has 2 amide bonds. The van der Waals surface area contributed by atoms with Gasteiger partial charge in [0.15, 0.2) is 0 Å². The third-order valence-electron chi connectivity index (χ3n) is 2.17. The van der Waals surface area contributed by atoms with Gasteiger partial charge in [-0.15, -0.1) is 6.58 Å². The number of nitrogens with one attached hydrogen (secondary N) is 2. The molecule has 0 fully saturated rings. The van der Waals surface area contributed by atoms with Crippen LogP contribution in [-0.2, 0) is 6.54 Å². The number of carbonyl (C=O) groups excluding carboxylic acids is 1. The number of allylic oxidation sites excluding steroid dienone is 1. The van der Waals surface area contributed by atoms with Gasteiger partial charge in [-0.3, -0.25) is 0 Å². The summed E-state index contributed by atoms with van der Waals surface area (Å²) in [7, 11) is 0. The monoisotopic (exact) mass is 252 g/mol. The Kier molecular flexibility index (Phi) is 5.50. The Morgan fingerprint density at radius 3 is 2.78 bits per heavy atom. The second-order valence-electron chi connectivity index (χ2n) is 3.61. The van der Waals surface area contributed by atoms with Gasteiger partial charge in [0.05, 0.1) is 6.54 Å². The first kappa shape index (κ1) is 13.8. The normalized spacial score (nSPS) is 9.78. The minimum absolute atomic E-state index is 0.141. The van der Waals surface area contributed by atoms with Crippen LogP contribution in [0.15, 0.2) is 29.2 Å². The molecule has 1 aromatic rings. The van der Waals surface area contributed by atoms with Crippen LogP contribution in [0, 0.1) is 0 Å². The molecule has 1 heterocycles. The predicted octanol–water partition coefficient (Wildman–Crippen LogP) is 1.74. The van der Waals surface area contributed by atoms with Crippen LogP contribution in [0.5, 0.6) is 0 Å². The third-order valence-corrected chi connectivity index (χ3v) is 2.17. The number of hydrogen-bond donors (Lipinski definition) is 3. The minimum atomic E-state index is -1.13. The van der Waals surface area contributed by atoms with Crippen LogP contribution in [0.25, 0.3) is 0 Å². The van der Waals surface area contributed by atoms with Crippen LogP contribution < -0.4 is 10.6 Å². The van der Waals surface area contributed by atoms with Crippen LogP contribution in [0.2, 0.25) is 0 Å². The fourth-order valence-corrected chi connectivity index (χ4v) is 1.27. The summed E-state index contributed by atoms with van der Waals surface area (Å²) < 4.78 is 4.98. The Morgan fingerprint density at radius 2 is 2.17 bits per heavy atom. The van der Waals surface area contributed by atoms with Crippen LogP contribution in [0.3, 0.4) is 0 Å². The second-order valence-corrected chi connectivity index (χ2v) is 3.61. The van der Waals surface area contributed by atoms with Crippen LogP contribution in [-0.4, -0.2) is 23.7 Å². The van der Waals surface area contributed by atoms with E-state index in [-0.39, 0.29) is 18.3 Å². The summed E-state index contributed by atoms with van der Waals surface area (Å²) in [5.41, 5.74) is 0. The Morgan fingerprint density at radius 1 is 1.39 bits per heavy atom. The first-order chi connectivity index (χ1) is 8.63. The van der Waals surface area contributed by atoms with E-state index in [0.29, 0.717) is 12.3 Å². The number of unbranched alkanes of at least 4 members (excludes halogenated alkanes) is 1. The number of urea groups is 1. The molecule has 98 valence electrons. The molecule has 6 nitrogen and oxygen atoms in total. The SMILES string of the molecule is C=CCCCNC(=O)NCc1ccc(C(=O)O)o1. The van der Waals surface area contributed by atoms with Crippen molar-refractivity contribution in [2.24, 2.45) is 0 Å². The molecule has 0 atom stereocenters. The van der Waals surface area contributed by atoms with E-state index in [1.165, 1.54) is 12.1 Å². The largest absolute Gasteiger partial charge is 0.475 e. The van der Waals surface area contributed by atoms with Gasteiger partial charge < -0.3 is 20.2 Å². The average Bonchev–Trinajstić information content (AvgIpc) is 2.81. The van der Waals surface area contributed by atoms with Gasteiger partial charge in [-0.25, -0.2) is 9.59 Å². The molecule has 1 rings (SSSR count). The number of rotatable bonds is 7. The molecule has 0 bridgehead atoms. The lowest BCUT2D eigenvalue weighted by Crippen LogP contribution is -2.35. The first-order valence-electron chi connectivity index (χ1n) is 5.58. The van der Waals surface area contributed by atoms with Crippen molar-refractivity contribution in [1.29, 1.82) is 0 Å². The van der Waals surface area contributed by atoms with Gasteiger partial charge in [0.1, 0.15) is 5.76 Å². The quantitative estimate of drug-likeness (QED) is 0.509. The lowest BCUT2D eigenvalue weighted by atomic mass is 10.3. The molecular formula is C12H16N2O4. The molecule has 0 aliphatic heterocycles. The molecule has 0 saturated heterocycles. The predicted molar refractivity (Wildman–Crippen MR) is 65.3 cm³/mol. The highest BCUT2D eigenvalue weighted by Crippen LogP contribution is 2.07. The lowest BCUT2D eigenvalue weighted by molar-refractivity contribution is 0.0660. The maximum Gasteiger partial charge on any atom is 0.371 e. The fourth-order valence-electron chi connectivity index (χ4n) is 1.27. The molecular weight excluding hydrogens is 236 g/mol. The van der Waals surface area contributed by atoms with Crippen molar-refractivity contribution in [2.45, 2.75) is 19.4 Å². The van der Waals surface area contributed by atoms with Crippen molar-refractivity contribution in [3.8, 4) is 0 Å². The molecule has 0 saturated carbocycles. The number of amides is 2. The van der Waals surface area contributed by atoms with Crippen LogP contribution in [0.4, 0.5) is 4.79 Å². The Labute approximate surface area is 105 Å². The van der Waals surface area contributed by atoms with Gasteiger partial charge in [0.25, 0.3) is 0 Å². The van der Waals surface area contributed by atoms with Crippen molar-refractivity contribution in [3.63, 3.8) is 0 Å². The lowest BCUT2D eigenvalue weighted by Gasteiger charge is -2.05. The van der Waals surface area contributed by atoms with Crippen molar-refractivity contribution in [2.75, 3.05) is 6.54 Å². The minimum Gasteiger partial charge on any atom is -0.475 e. The standard InChI is InChI=1S/C12H16N2O4/c1-2-3-4-7-13-12(17)14-8-9-5-6-10(18-9)11(15)16/h2,5-6H,1,3-4,7-8H2,(H,15,16)(H2,13,14,17). The van der Waals surface area contributed by atoms with E-state index in [9.17, 15) is 9.59 Å². The van der Waals surface area contributed by atoms with E-state index < -0.39 is 5.97 Å². The van der Waals surface area contributed by atoms with E-state index in [2.05, 4.69) is 17.2 Å². The first-order valence-corrected chi connectivity index (χ1v) is 5.58. The van der Waals surface area contributed by atoms with E-state index >= 15 is 0 Å². The van der Waals surface area contributed by atoms with Gasteiger partial charge in [-0.2, -0.15) is 0 Å². The smallest absolute Gasteiger partial charge is 0.371 e. The van der Waals surface area contributed by atoms with Crippen molar-refractivity contribution in [3.05, 3.63) is 36.3 Å². The molecule has 0 radical (unpaired) electrons. The zero-order valence-corrected chi connectivity index (χ0v) is 9.94. The number of carbonyl (C=O) groups is 2. The summed E-state index contributed by atoms with van der Waals surface area (Å²) in [4.78, 5) is 21.9. The molecule has 3 N–H and O–H groups in total. The Balaban J connectivity index is 2.24. The highest BCUT2D eigenvalue weighted by atomic mass is 16.4. The summed E-state index contributed by atoms with van der Waals surface area (Å²) >= 11 is 0. The Hall–Kier alpha value is -2.24. The number of furan rings is 1. The van der Waals surface area contributed by atoms with E-state index in [0.717, 1.165) is 12.8 Å². The number of carboxylic acids is 1. The molecule has 0 spiro atoms. The summed E-state index contributed by atoms with van der Waals surface area (Å²) in [6, 6.07) is 2.55. The van der Waals surface area contributed by atoms with Gasteiger partial charge in [0.2, 0.25) is 5.76 Å². The number of hydrogen-bond acceptors (Lipinski definition) is 3. The highest BCUT2D eigenvalue weighted by Gasteiger charge is 2.09. The van der Waals surface area contributed by atoms with Gasteiger partial charge in [-0.1, -0.05) is 6.08 Å². The fraction of sp³-hybridized carbons (Fsp3) is 0.333. The van der Waals surface area contributed by atoms with E-state index in [1.54, 1.807) is 6.08 Å². The van der Waals surface area contributed by atoms with E-state index in [4.69, 9.17) is 9.52 Å². The summed E-state index contributed by atoms with van der Waals surface area (Å²) in [5.74, 6) is -0.873. The molecule has 18 heavy (non-hydrogen) atoms. The molecule has 0 aliphatic carbocycles. The van der Waals surface area contributed by atoms with Crippen LogP contribution >= 0.6 is 0 Å².